The number of aldehydes is 1. The van der Waals surface area contributed by atoms with Gasteiger partial charge in [-0.2, -0.15) is 0 Å². The van der Waals surface area contributed by atoms with Crippen molar-refractivity contribution in [3.8, 4) is 0 Å². The summed E-state index contributed by atoms with van der Waals surface area (Å²) >= 11 is 5.41. The zero-order valence-electron chi connectivity index (χ0n) is 5.90. The molecule has 0 saturated carbocycles. The first-order valence-electron chi connectivity index (χ1n) is 3.07. The average molecular weight is 160 g/mol. The highest BCUT2D eigenvalue weighted by Crippen LogP contribution is 2.12. The summed E-state index contributed by atoms with van der Waals surface area (Å²) in [6.45, 7) is 0. The number of halogens is 2. The van der Waals surface area contributed by atoms with Crippen molar-refractivity contribution >= 4 is 17.9 Å². The Balaban J connectivity index is 3.20. The molecule has 0 fully saturated rings. The highest BCUT2D eigenvalue weighted by Gasteiger charge is 1.99. The molecule has 0 spiro atoms. The Kier molecular flexibility index (Phi) is 1.64. The van der Waals surface area contributed by atoms with Crippen LogP contribution in [0, 0.1) is 5.82 Å². The van der Waals surface area contributed by atoms with Gasteiger partial charge in [0.05, 0.1) is 5.56 Å². The topological polar surface area (TPSA) is 17.1 Å². The molecule has 3 heteroatoms. The van der Waals surface area contributed by atoms with E-state index in [2.05, 4.69) is 0 Å². The van der Waals surface area contributed by atoms with E-state index in [0.717, 1.165) is 6.07 Å². The first-order valence-corrected chi connectivity index (χ1v) is 2.95. The Morgan fingerprint density at radius 2 is 2.40 bits per heavy atom. The van der Waals surface area contributed by atoms with Gasteiger partial charge in [-0.25, -0.2) is 4.39 Å². The fourth-order valence-corrected chi connectivity index (χ4v) is 0.731. The van der Waals surface area contributed by atoms with Gasteiger partial charge in [-0.15, -0.1) is 0 Å². The lowest BCUT2D eigenvalue weighted by Crippen LogP contribution is -1.85. The van der Waals surface area contributed by atoms with Crippen LogP contribution in [0.5, 0.6) is 0 Å². The standard InChI is InChI=1S/C7H4ClFO/c8-6-2-1-5(4-10)7(9)3-6/h1-4H/i4D. The Bertz CT molecular complexity index is 300. The minimum Gasteiger partial charge on any atom is -0.298 e. The summed E-state index contributed by atoms with van der Waals surface area (Å²) in [5.74, 6) is -0.752. The van der Waals surface area contributed by atoms with Gasteiger partial charge in [0.15, 0.2) is 6.26 Å². The van der Waals surface area contributed by atoms with Crippen molar-refractivity contribution in [3.05, 3.63) is 34.6 Å². The SMILES string of the molecule is [2H]C(=O)c1ccc(Cl)cc1F. The van der Waals surface area contributed by atoms with Gasteiger partial charge in [0.2, 0.25) is 0 Å². The summed E-state index contributed by atoms with van der Waals surface area (Å²) in [6.07, 6.45) is -1.04. The monoisotopic (exact) mass is 159 g/mol. The number of benzene rings is 1. The molecule has 0 aromatic heterocycles. The lowest BCUT2D eigenvalue weighted by molar-refractivity contribution is 0.112. The maximum atomic E-state index is 12.7. The van der Waals surface area contributed by atoms with Crippen LogP contribution in [0.3, 0.4) is 0 Å². The molecule has 0 N–H and O–H groups in total. The zero-order chi connectivity index (χ0) is 8.43. The molecule has 0 atom stereocenters. The number of rotatable bonds is 1. The van der Waals surface area contributed by atoms with Crippen LogP contribution >= 0.6 is 11.6 Å². The second kappa shape index (κ2) is 2.80. The van der Waals surface area contributed by atoms with Gasteiger partial charge in [0, 0.05) is 5.02 Å². The van der Waals surface area contributed by atoms with Crippen LogP contribution in [0.25, 0.3) is 0 Å². The second-order valence-corrected chi connectivity index (χ2v) is 2.16. The van der Waals surface area contributed by atoms with Crippen LogP contribution in [-0.4, -0.2) is 6.26 Å². The third-order valence-corrected chi connectivity index (χ3v) is 1.28. The quantitative estimate of drug-likeness (QED) is 0.575. The second-order valence-electron chi connectivity index (χ2n) is 1.73. The zero-order valence-corrected chi connectivity index (χ0v) is 5.65. The molecule has 0 amide bonds. The molecule has 0 bridgehead atoms. The summed E-state index contributed by atoms with van der Waals surface area (Å²) in [5.41, 5.74) is -0.255. The number of carbonyl (C=O) groups is 1. The number of hydrogen-bond donors (Lipinski definition) is 0. The summed E-state index contributed by atoms with van der Waals surface area (Å²) in [7, 11) is 0. The van der Waals surface area contributed by atoms with E-state index in [1.54, 1.807) is 0 Å². The summed E-state index contributed by atoms with van der Waals surface area (Å²) in [6, 6.07) is 3.56. The first-order chi connectivity index (χ1) is 5.11. The van der Waals surface area contributed by atoms with E-state index in [-0.39, 0.29) is 10.6 Å². The Hall–Kier alpha value is -0.890. The van der Waals surface area contributed by atoms with Crippen molar-refractivity contribution in [2.24, 2.45) is 0 Å². The normalized spacial score (nSPS) is 10.8. The highest BCUT2D eigenvalue weighted by molar-refractivity contribution is 6.30. The lowest BCUT2D eigenvalue weighted by atomic mass is 10.2. The predicted molar refractivity (Wildman–Crippen MR) is 36.8 cm³/mol. The van der Waals surface area contributed by atoms with E-state index in [1.807, 2.05) is 0 Å². The molecule has 0 aliphatic carbocycles. The van der Waals surface area contributed by atoms with Gasteiger partial charge in [0.25, 0.3) is 0 Å². The van der Waals surface area contributed by atoms with E-state index in [1.165, 1.54) is 12.1 Å². The maximum absolute atomic E-state index is 12.7. The fourth-order valence-electron chi connectivity index (χ4n) is 0.572. The molecule has 52 valence electrons. The minimum atomic E-state index is -1.04. The molecular weight excluding hydrogens is 155 g/mol. The predicted octanol–water partition coefficient (Wildman–Crippen LogP) is 2.29. The molecular formula is C7H4ClFO. The van der Waals surface area contributed by atoms with Gasteiger partial charge in [-0.05, 0) is 18.2 Å². The number of carbonyl (C=O) groups excluding carboxylic acids is 1. The minimum absolute atomic E-state index is 0.215. The molecule has 0 unspecified atom stereocenters. The molecule has 1 rings (SSSR count). The van der Waals surface area contributed by atoms with Crippen molar-refractivity contribution < 1.29 is 10.6 Å². The largest absolute Gasteiger partial charge is 0.298 e. The lowest BCUT2D eigenvalue weighted by Gasteiger charge is -1.92. The summed E-state index contributed by atoms with van der Waals surface area (Å²) in [5, 5.41) is 0.215. The van der Waals surface area contributed by atoms with Crippen LogP contribution in [0.2, 0.25) is 5.02 Å². The smallest absolute Gasteiger partial charge is 0.152 e. The van der Waals surface area contributed by atoms with E-state index in [4.69, 9.17) is 13.0 Å². The molecule has 0 heterocycles. The average Bonchev–Trinajstić information content (AvgIpc) is 1.85. The van der Waals surface area contributed by atoms with E-state index in [0.29, 0.717) is 0 Å². The molecule has 0 saturated heterocycles. The first kappa shape index (κ1) is 5.86. The third-order valence-electron chi connectivity index (χ3n) is 1.04. The van der Waals surface area contributed by atoms with Gasteiger partial charge >= 0.3 is 0 Å². The summed E-state index contributed by atoms with van der Waals surface area (Å²) < 4.78 is 19.3. The van der Waals surface area contributed by atoms with Gasteiger partial charge in [0.1, 0.15) is 7.19 Å². The third kappa shape index (κ3) is 1.33. The van der Waals surface area contributed by atoms with Crippen LogP contribution in [0.4, 0.5) is 4.39 Å². The van der Waals surface area contributed by atoms with Crippen LogP contribution < -0.4 is 0 Å². The number of hydrogen-bond acceptors (Lipinski definition) is 1. The van der Waals surface area contributed by atoms with Gasteiger partial charge < -0.3 is 0 Å². The van der Waals surface area contributed by atoms with Crippen molar-refractivity contribution in [2.45, 2.75) is 0 Å². The van der Waals surface area contributed by atoms with Crippen molar-refractivity contribution in [1.82, 2.24) is 0 Å². The molecule has 1 aromatic carbocycles. The van der Waals surface area contributed by atoms with Crippen LogP contribution in [0.15, 0.2) is 18.2 Å². The van der Waals surface area contributed by atoms with E-state index in [9.17, 15) is 9.18 Å². The fraction of sp³-hybridized carbons (Fsp3) is 0. The Labute approximate surface area is 63.8 Å². The molecule has 1 aromatic rings. The molecule has 1 nitrogen and oxygen atoms in total. The van der Waals surface area contributed by atoms with Crippen LogP contribution in [-0.2, 0) is 0 Å². The van der Waals surface area contributed by atoms with E-state index < -0.39 is 12.1 Å². The Morgan fingerprint density at radius 3 is 2.90 bits per heavy atom. The van der Waals surface area contributed by atoms with Crippen molar-refractivity contribution in [2.75, 3.05) is 0 Å². The Morgan fingerprint density at radius 1 is 1.70 bits per heavy atom. The molecule has 0 radical (unpaired) electrons. The molecule has 10 heavy (non-hydrogen) atoms. The van der Waals surface area contributed by atoms with Crippen molar-refractivity contribution in [1.29, 1.82) is 0 Å². The van der Waals surface area contributed by atoms with E-state index >= 15 is 0 Å². The molecule has 0 aliphatic heterocycles. The molecule has 0 aliphatic rings. The van der Waals surface area contributed by atoms with Gasteiger partial charge in [-0.3, -0.25) is 4.79 Å². The maximum Gasteiger partial charge on any atom is 0.152 e. The summed E-state index contributed by atoms with van der Waals surface area (Å²) in [4.78, 5) is 10.4. The van der Waals surface area contributed by atoms with Crippen molar-refractivity contribution in [3.63, 3.8) is 0 Å². The van der Waals surface area contributed by atoms with Crippen LogP contribution in [0.1, 0.15) is 11.7 Å². The van der Waals surface area contributed by atoms with Gasteiger partial charge in [-0.1, -0.05) is 11.6 Å². The highest BCUT2D eigenvalue weighted by atomic mass is 35.5.